The van der Waals surface area contributed by atoms with Crippen LogP contribution in [0.25, 0.3) is 5.65 Å². The molecule has 4 rings (SSSR count). The van der Waals surface area contributed by atoms with Gasteiger partial charge in [-0.05, 0) is 25.0 Å². The number of aromatic nitrogens is 3. The molecule has 1 unspecified atom stereocenters. The lowest BCUT2D eigenvalue weighted by atomic mass is 9.82. The van der Waals surface area contributed by atoms with Crippen molar-refractivity contribution < 1.29 is 9.53 Å². The molecule has 0 amide bonds. The summed E-state index contributed by atoms with van der Waals surface area (Å²) in [6.07, 6.45) is 2.91. The van der Waals surface area contributed by atoms with Crippen molar-refractivity contribution in [3.63, 3.8) is 0 Å². The van der Waals surface area contributed by atoms with Crippen molar-refractivity contribution in [1.82, 2.24) is 14.6 Å². The van der Waals surface area contributed by atoms with Crippen LogP contribution in [0, 0.1) is 6.92 Å². The number of Topliss-reactive ketones (excluding diaryl/α,β-unsaturated/α-hetero) is 1. The fourth-order valence-corrected chi connectivity index (χ4v) is 3.39. The first-order valence-corrected chi connectivity index (χ1v) is 7.67. The molecule has 1 aliphatic rings. The molecule has 0 saturated carbocycles. The van der Waals surface area contributed by atoms with Crippen molar-refractivity contribution in [2.45, 2.75) is 25.7 Å². The Hall–Kier alpha value is -2.69. The maximum atomic E-state index is 12.6. The first-order valence-electron chi connectivity index (χ1n) is 7.67. The second kappa shape index (κ2) is 5.19. The summed E-state index contributed by atoms with van der Waals surface area (Å²) in [6.45, 7) is 1.93. The summed E-state index contributed by atoms with van der Waals surface area (Å²) in [5.41, 5.74) is 4.39. The van der Waals surface area contributed by atoms with Crippen LogP contribution in [0.4, 0.5) is 0 Å². The van der Waals surface area contributed by atoms with E-state index in [-0.39, 0.29) is 11.7 Å². The number of rotatable bonds is 2. The summed E-state index contributed by atoms with van der Waals surface area (Å²) >= 11 is 0. The van der Waals surface area contributed by atoms with Crippen LogP contribution in [0.15, 0.2) is 36.5 Å². The lowest BCUT2D eigenvalue weighted by Gasteiger charge is -2.25. The van der Waals surface area contributed by atoms with E-state index in [1.165, 1.54) is 0 Å². The van der Waals surface area contributed by atoms with E-state index in [0.717, 1.165) is 34.8 Å². The van der Waals surface area contributed by atoms with Gasteiger partial charge in [-0.3, -0.25) is 4.79 Å². The van der Waals surface area contributed by atoms with E-state index in [9.17, 15) is 4.79 Å². The fraction of sp³-hybridized carbons (Fsp3) is 0.278. The number of hydrogen-bond donors (Lipinski definition) is 0. The second-order valence-corrected chi connectivity index (χ2v) is 5.94. The second-order valence-electron chi connectivity index (χ2n) is 5.94. The summed E-state index contributed by atoms with van der Waals surface area (Å²) in [6, 6.07) is 9.83. The highest BCUT2D eigenvalue weighted by molar-refractivity contribution is 5.98. The Balaban J connectivity index is 1.85. The fourth-order valence-electron chi connectivity index (χ4n) is 3.39. The third kappa shape index (κ3) is 2.20. The van der Waals surface area contributed by atoms with Gasteiger partial charge in [0, 0.05) is 24.6 Å². The average molecular weight is 307 g/mol. The minimum Gasteiger partial charge on any atom is -0.496 e. The first kappa shape index (κ1) is 13.9. The predicted octanol–water partition coefficient (Wildman–Crippen LogP) is 2.96. The smallest absolute Gasteiger partial charge is 0.166 e. The number of nitrogens with zero attached hydrogens (tertiary/aromatic N) is 3. The normalized spacial score (nSPS) is 17.3. The molecule has 1 aromatic carbocycles. The van der Waals surface area contributed by atoms with Gasteiger partial charge in [0.15, 0.2) is 11.4 Å². The monoisotopic (exact) mass is 307 g/mol. The maximum absolute atomic E-state index is 12.6. The molecule has 5 nitrogen and oxygen atoms in total. The topological polar surface area (TPSA) is 56.5 Å². The number of methoxy groups -OCH3 is 1. The van der Waals surface area contributed by atoms with Gasteiger partial charge in [0.25, 0.3) is 0 Å². The number of carbonyl (C=O) groups excluding carboxylic acids is 1. The van der Waals surface area contributed by atoms with E-state index >= 15 is 0 Å². The Bertz CT molecular complexity index is 914. The van der Waals surface area contributed by atoms with Crippen molar-refractivity contribution in [1.29, 1.82) is 0 Å². The number of carbonyl (C=O) groups is 1. The molecule has 1 aliphatic carbocycles. The van der Waals surface area contributed by atoms with Crippen molar-refractivity contribution in [2.75, 3.05) is 7.11 Å². The minimum atomic E-state index is 0.0984. The van der Waals surface area contributed by atoms with Crippen LogP contribution in [0.3, 0.4) is 0 Å². The van der Waals surface area contributed by atoms with E-state index in [0.29, 0.717) is 12.0 Å². The number of aryl methyl sites for hydroxylation is 1. The maximum Gasteiger partial charge on any atom is 0.166 e. The molecule has 0 spiro atoms. The standard InChI is InChI=1S/C18H17N3O2/c1-11-7-18-19-10-14-15(21(18)20-11)8-12(9-16(14)22)13-5-3-4-6-17(13)23-2/h3-7,10,12H,8-9H2,1-2H3. The lowest BCUT2D eigenvalue weighted by molar-refractivity contribution is 0.0961. The van der Waals surface area contributed by atoms with Crippen LogP contribution in [0.1, 0.15) is 39.6 Å². The van der Waals surface area contributed by atoms with Gasteiger partial charge < -0.3 is 4.74 Å². The van der Waals surface area contributed by atoms with E-state index < -0.39 is 0 Å². The van der Waals surface area contributed by atoms with Gasteiger partial charge in [0.1, 0.15) is 5.75 Å². The van der Waals surface area contributed by atoms with Crippen LogP contribution in [-0.4, -0.2) is 27.5 Å². The Kier molecular flexibility index (Phi) is 3.15. The van der Waals surface area contributed by atoms with Crippen molar-refractivity contribution in [3.05, 3.63) is 59.0 Å². The van der Waals surface area contributed by atoms with Crippen LogP contribution < -0.4 is 4.74 Å². The highest BCUT2D eigenvalue weighted by atomic mass is 16.5. The molecule has 0 radical (unpaired) electrons. The number of hydrogen-bond acceptors (Lipinski definition) is 4. The molecule has 23 heavy (non-hydrogen) atoms. The van der Waals surface area contributed by atoms with Gasteiger partial charge in [-0.15, -0.1) is 0 Å². The third-order valence-electron chi connectivity index (χ3n) is 4.46. The van der Waals surface area contributed by atoms with Gasteiger partial charge in [-0.25, -0.2) is 9.50 Å². The highest BCUT2D eigenvalue weighted by Gasteiger charge is 2.30. The molecular weight excluding hydrogens is 290 g/mol. The van der Waals surface area contributed by atoms with E-state index in [2.05, 4.69) is 10.1 Å². The molecule has 0 aliphatic heterocycles. The number of ketones is 1. The Morgan fingerprint density at radius 1 is 1.26 bits per heavy atom. The third-order valence-corrected chi connectivity index (χ3v) is 4.46. The zero-order valence-electron chi connectivity index (χ0n) is 13.1. The Labute approximate surface area is 133 Å². The van der Waals surface area contributed by atoms with Crippen LogP contribution in [-0.2, 0) is 6.42 Å². The van der Waals surface area contributed by atoms with Crippen LogP contribution in [0.5, 0.6) is 5.75 Å². The number of fused-ring (bicyclic) bond motifs is 3. The van der Waals surface area contributed by atoms with E-state index in [4.69, 9.17) is 4.74 Å². The van der Waals surface area contributed by atoms with Crippen molar-refractivity contribution >= 4 is 11.4 Å². The number of benzene rings is 1. The lowest BCUT2D eigenvalue weighted by Crippen LogP contribution is -2.22. The quantitative estimate of drug-likeness (QED) is 0.730. The predicted molar refractivity (Wildman–Crippen MR) is 86.1 cm³/mol. The van der Waals surface area contributed by atoms with Gasteiger partial charge in [-0.2, -0.15) is 5.10 Å². The van der Waals surface area contributed by atoms with Gasteiger partial charge >= 0.3 is 0 Å². The molecular formula is C18H17N3O2. The zero-order valence-corrected chi connectivity index (χ0v) is 13.1. The van der Waals surface area contributed by atoms with Gasteiger partial charge in [0.2, 0.25) is 0 Å². The molecule has 0 N–H and O–H groups in total. The van der Waals surface area contributed by atoms with Gasteiger partial charge in [0.05, 0.1) is 24.1 Å². The molecule has 3 aromatic rings. The highest BCUT2D eigenvalue weighted by Crippen LogP contribution is 2.36. The first-order chi connectivity index (χ1) is 11.2. The summed E-state index contributed by atoms with van der Waals surface area (Å²) in [7, 11) is 1.66. The molecule has 116 valence electrons. The summed E-state index contributed by atoms with van der Waals surface area (Å²) in [5, 5.41) is 4.50. The molecule has 2 aromatic heterocycles. The molecule has 0 fully saturated rings. The summed E-state index contributed by atoms with van der Waals surface area (Å²) < 4.78 is 7.28. The van der Waals surface area contributed by atoms with Crippen LogP contribution in [0.2, 0.25) is 0 Å². The SMILES string of the molecule is COc1ccccc1C1CC(=O)c2cnc3cc(C)nn3c2C1. The van der Waals surface area contributed by atoms with Crippen molar-refractivity contribution in [2.24, 2.45) is 0 Å². The Morgan fingerprint density at radius 2 is 2.09 bits per heavy atom. The Morgan fingerprint density at radius 3 is 2.91 bits per heavy atom. The summed E-state index contributed by atoms with van der Waals surface area (Å²) in [5.74, 6) is 1.04. The largest absolute Gasteiger partial charge is 0.496 e. The van der Waals surface area contributed by atoms with E-state index in [1.807, 2.05) is 41.8 Å². The summed E-state index contributed by atoms with van der Waals surface area (Å²) in [4.78, 5) is 16.9. The molecule has 5 heteroatoms. The molecule has 0 saturated heterocycles. The number of para-hydroxylation sites is 1. The van der Waals surface area contributed by atoms with Crippen molar-refractivity contribution in [3.8, 4) is 5.75 Å². The average Bonchev–Trinajstić information content (AvgIpc) is 2.95. The van der Waals surface area contributed by atoms with Gasteiger partial charge in [-0.1, -0.05) is 18.2 Å². The molecule has 1 atom stereocenters. The zero-order chi connectivity index (χ0) is 16.0. The number of ether oxygens (including phenoxy) is 1. The minimum absolute atomic E-state index is 0.0984. The van der Waals surface area contributed by atoms with Crippen LogP contribution >= 0.6 is 0 Å². The van der Waals surface area contributed by atoms with E-state index in [1.54, 1.807) is 13.3 Å². The molecule has 2 heterocycles. The molecule has 0 bridgehead atoms.